The van der Waals surface area contributed by atoms with E-state index in [1.165, 1.54) is 36.1 Å². The van der Waals surface area contributed by atoms with Crippen molar-refractivity contribution in [2.45, 2.75) is 169 Å². The summed E-state index contributed by atoms with van der Waals surface area (Å²) in [7, 11) is -6.18. The molecule has 2 fully saturated rings. The number of nitrogens with zero attached hydrogens (tertiary/aromatic N) is 3. The van der Waals surface area contributed by atoms with E-state index in [0.29, 0.717) is 37.5 Å². The zero-order valence-electron chi connectivity index (χ0n) is 74.6. The molecule has 3 radical (unpaired) electrons. The minimum atomic E-state index is -5.84. The summed E-state index contributed by atoms with van der Waals surface area (Å²) >= 11 is 6.70. The SMILES string of the molecule is Brc1ccc2c(c1)OCCN2.CC1(C)OB(c2ccc3c(c2)OCCN3)OC1(C)C.CC1CC=C(OS(=O)(=O)C(F)(F)F)N(C(=O)OC(C)(C)C)C1.CC1CC=C(c2ccc3c(c2)OCCN3)N(C(=O)OC(C)(C)C)C1.CC1CCC(c2ccc3c(c2)OCCN3)=NC1.CC1CCC(c2ccc3c(c2)OCCN3)NC1.O=C1COc2cc(Br)ccc2N1.[B].[H-].[Na+]. The maximum absolute atomic E-state index is 12.7. The number of nitrogens with one attached hydrogen (secondary N) is 7. The van der Waals surface area contributed by atoms with Crippen LogP contribution in [0.25, 0.3) is 5.70 Å². The number of amides is 3. The number of fused-ring (bicyclic) bond motifs is 6. The van der Waals surface area contributed by atoms with Crippen LogP contribution in [-0.2, 0) is 37.9 Å². The van der Waals surface area contributed by atoms with Crippen molar-refractivity contribution in [3.63, 3.8) is 0 Å². The molecule has 7 N–H and O–H groups in total. The first-order chi connectivity index (χ1) is 57.7. The first-order valence-electron chi connectivity index (χ1n) is 41.7. The summed E-state index contributed by atoms with van der Waals surface area (Å²) in [6.45, 7) is 37.9. The van der Waals surface area contributed by atoms with Crippen LogP contribution >= 0.6 is 31.9 Å². The molecule has 17 rings (SSSR count). The molecule has 0 aromatic heterocycles. The largest absolute Gasteiger partial charge is 1.00 e. The molecule has 26 nitrogen and oxygen atoms in total. The van der Waals surface area contributed by atoms with Crippen molar-refractivity contribution in [2.75, 3.05) is 130 Å². The van der Waals surface area contributed by atoms with Crippen LogP contribution in [0, 0.1) is 23.7 Å². The maximum Gasteiger partial charge on any atom is 1.00 e. The Kier molecular flexibility index (Phi) is 35.3. The smallest absolute Gasteiger partial charge is 1.00 e. The minimum absolute atomic E-state index is 0. The number of alkyl halides is 3. The van der Waals surface area contributed by atoms with Crippen LogP contribution in [0.5, 0.6) is 34.5 Å². The molecular formula is C89H117B2Br2F3N10NaO16S. The molecule has 0 saturated carbocycles. The second-order valence-electron chi connectivity index (χ2n) is 34.6. The Bertz CT molecular complexity index is 4870. The number of allylic oxidation sites excluding steroid dienone is 2. The molecule has 35 heteroatoms. The number of carbonyl (C=O) groups is 3. The van der Waals surface area contributed by atoms with Gasteiger partial charge in [0.1, 0.15) is 78.7 Å². The summed E-state index contributed by atoms with van der Waals surface area (Å²) in [5.41, 5.74) is 5.19. The maximum atomic E-state index is 12.7. The third-order valence-electron chi connectivity index (χ3n) is 21.2. The Labute approximate surface area is 770 Å². The molecule has 124 heavy (non-hydrogen) atoms. The van der Waals surface area contributed by atoms with Crippen molar-refractivity contribution in [1.29, 1.82) is 0 Å². The molecule has 0 aliphatic carbocycles. The number of rotatable bonds is 6. The summed E-state index contributed by atoms with van der Waals surface area (Å²) in [5.74, 6) is 6.41. The van der Waals surface area contributed by atoms with Crippen LogP contribution in [0.2, 0.25) is 0 Å². The Morgan fingerprint density at radius 2 is 0.992 bits per heavy atom. The van der Waals surface area contributed by atoms with E-state index >= 15 is 0 Å². The summed E-state index contributed by atoms with van der Waals surface area (Å²) in [6, 6.07) is 37.0. The molecule has 2 saturated heterocycles. The summed E-state index contributed by atoms with van der Waals surface area (Å²) < 4.78 is 121. The van der Waals surface area contributed by atoms with E-state index in [1.807, 2.05) is 87.5 Å². The number of hydrogen-bond acceptors (Lipinski definition) is 23. The van der Waals surface area contributed by atoms with Gasteiger partial charge in [0.2, 0.25) is 5.88 Å². The molecule has 11 aliphatic rings. The molecule has 0 bridgehead atoms. The first-order valence-corrected chi connectivity index (χ1v) is 44.7. The number of carbonyl (C=O) groups excluding carboxylic acids is 3. The van der Waals surface area contributed by atoms with Crippen molar-refractivity contribution in [3.05, 3.63) is 153 Å². The zero-order chi connectivity index (χ0) is 87.9. The molecule has 667 valence electrons. The Morgan fingerprint density at radius 3 is 1.49 bits per heavy atom. The van der Waals surface area contributed by atoms with Gasteiger partial charge in [0.05, 0.1) is 51.0 Å². The molecule has 5 atom stereocenters. The number of halogens is 5. The van der Waals surface area contributed by atoms with Crippen molar-refractivity contribution >= 4 is 127 Å². The number of piperidine rings is 1. The first kappa shape index (κ1) is 99.6. The molecule has 3 amide bonds. The van der Waals surface area contributed by atoms with Crippen molar-refractivity contribution < 1.29 is 118 Å². The van der Waals surface area contributed by atoms with Crippen molar-refractivity contribution in [3.8, 4) is 34.5 Å². The average Bonchev–Trinajstić information content (AvgIpc) is 1.65. The number of benzene rings is 6. The third kappa shape index (κ3) is 28.1. The van der Waals surface area contributed by atoms with Gasteiger partial charge in [-0.3, -0.25) is 14.7 Å². The van der Waals surface area contributed by atoms with Gasteiger partial charge in [-0.15, -0.1) is 0 Å². The van der Waals surface area contributed by atoms with Crippen LogP contribution in [0.1, 0.15) is 160 Å². The van der Waals surface area contributed by atoms with E-state index < -0.39 is 38.8 Å². The topological polar surface area (TPSA) is 290 Å². The quantitative estimate of drug-likeness (QED) is 0.0463. The molecule has 0 spiro atoms. The van der Waals surface area contributed by atoms with E-state index in [1.54, 1.807) is 38.7 Å². The van der Waals surface area contributed by atoms with Gasteiger partial charge in [0.25, 0.3) is 5.91 Å². The number of hydrogen-bond donors (Lipinski definition) is 7. The second kappa shape index (κ2) is 44.0. The van der Waals surface area contributed by atoms with Crippen LogP contribution in [0.4, 0.5) is 56.9 Å². The number of anilines is 6. The van der Waals surface area contributed by atoms with Gasteiger partial charge in [0, 0.05) is 87.0 Å². The summed E-state index contributed by atoms with van der Waals surface area (Å²) in [5, 5.41) is 22.9. The summed E-state index contributed by atoms with van der Waals surface area (Å²) in [6.07, 6.45) is 8.09. The zero-order valence-corrected chi connectivity index (χ0v) is 79.6. The van der Waals surface area contributed by atoms with Crippen molar-refractivity contribution in [2.24, 2.45) is 28.7 Å². The fraction of sp³-hybridized carbons (Fsp3) is 0.506. The summed E-state index contributed by atoms with van der Waals surface area (Å²) in [4.78, 5) is 42.7. The van der Waals surface area contributed by atoms with Gasteiger partial charge in [-0.2, -0.15) is 21.6 Å². The second-order valence-corrected chi connectivity index (χ2v) is 37.9. The number of ether oxygens (including phenoxy) is 8. The van der Waals surface area contributed by atoms with Gasteiger partial charge in [0.15, 0.2) is 6.61 Å². The van der Waals surface area contributed by atoms with E-state index in [4.69, 9.17) is 47.2 Å². The molecule has 6 aromatic rings. The Balaban J connectivity index is 0.000000182. The monoisotopic (exact) mass is 1870 g/mol. The predicted molar refractivity (Wildman–Crippen MR) is 485 cm³/mol. The Hall–Kier alpha value is -8.21. The molecular weight excluding hydrogens is 1760 g/mol. The average molecular weight is 1880 g/mol. The van der Waals surface area contributed by atoms with Gasteiger partial charge >= 0.3 is 64.5 Å². The van der Waals surface area contributed by atoms with Crippen LogP contribution in [0.3, 0.4) is 0 Å². The Morgan fingerprint density at radius 1 is 0.548 bits per heavy atom. The number of aliphatic imine (C=N–C) groups is 1. The van der Waals surface area contributed by atoms with Crippen LogP contribution in [0.15, 0.2) is 141 Å². The predicted octanol–water partition coefficient (Wildman–Crippen LogP) is 14.9. The van der Waals surface area contributed by atoms with Gasteiger partial charge in [-0.1, -0.05) is 89.9 Å². The molecule has 11 heterocycles. The van der Waals surface area contributed by atoms with Gasteiger partial charge in [-0.25, -0.2) is 14.5 Å². The molecule has 11 aliphatic heterocycles. The van der Waals surface area contributed by atoms with Crippen LogP contribution < -0.4 is 101 Å². The standard InChI is InChI=1S/C19H26N2O3.C14H20BNO3.C14H20N2O.C14H18N2O.C12H18F3NO5S.C8H6BrNO2.C8H8BrNO.B.Na.H/c1-13-5-8-16(21(12-13)18(22)24-19(2,3)4)14-6-7-15-17(11-14)23-10-9-20-15;1-13(2)14(3,4)19-15(18-13)10-5-6-11-12(9-10)17-8-7-16-11;2*1-10-2-4-12(16-9-10)11-3-5-13-14(8-11)17-7-6-15-13;1-8-5-6-9(21-22(18,19)12(13,14)15)16(7-8)10(17)20-11(2,3)4;9-5-1-2-6-7(3-5)12-4-8(11)10-6;9-6-1-2-7-8(5-6)11-4-3-10-7;;;/h6-8,11,13,20H,5,9-10,12H2,1-4H3;5-6,9,16H,7-8H2,1-4H3;3,5,8,10,12,15-16H,2,4,6-7,9H2,1H3;3,5,8,10,15H,2,4,6-7,9H2,1H3;6,8H,5,7H2,1-4H3;1-3H,4H2,(H,10,11);1-2,5,10H,3-4H2;;;/q;;;;;;;;+1;-1. The fourth-order valence-corrected chi connectivity index (χ4v) is 15.2. The van der Waals surface area contributed by atoms with E-state index in [2.05, 4.69) is 169 Å². The molecule has 6 aromatic carbocycles. The van der Waals surface area contributed by atoms with E-state index in [0.717, 1.165) is 190 Å². The van der Waals surface area contributed by atoms with E-state index in [-0.39, 0.29) is 95.2 Å². The third-order valence-corrected chi connectivity index (χ3v) is 23.2. The van der Waals surface area contributed by atoms with Crippen molar-refractivity contribution in [1.82, 2.24) is 15.1 Å². The van der Waals surface area contributed by atoms with Gasteiger partial charge < -0.3 is 90.0 Å². The van der Waals surface area contributed by atoms with Gasteiger partial charge in [-0.05, 0) is 246 Å². The minimum Gasteiger partial charge on any atom is -1.00 e. The molecule has 5 unspecified atom stereocenters. The fourth-order valence-electron chi connectivity index (χ4n) is 14.0. The van der Waals surface area contributed by atoms with E-state index in [9.17, 15) is 36.0 Å². The van der Waals surface area contributed by atoms with Crippen LogP contribution in [-0.4, -0.2) is 184 Å². The normalized spacial score (nSPS) is 20.9.